The molecule has 0 amide bonds. The lowest BCUT2D eigenvalue weighted by Gasteiger charge is -2.47. The van der Waals surface area contributed by atoms with Crippen LogP contribution in [-0.2, 0) is 0 Å². The average molecular weight is 245 g/mol. The predicted octanol–water partition coefficient (Wildman–Crippen LogP) is 3.72. The Bertz CT molecular complexity index is 417. The molecule has 2 fully saturated rings. The van der Waals surface area contributed by atoms with Gasteiger partial charge in [-0.1, -0.05) is 25.0 Å². The number of likely N-dealkylation sites (tertiary alicyclic amines) is 1. The van der Waals surface area contributed by atoms with Gasteiger partial charge in [0.2, 0.25) is 0 Å². The Morgan fingerprint density at radius 2 is 1.94 bits per heavy atom. The van der Waals surface area contributed by atoms with Gasteiger partial charge in [-0.05, 0) is 56.3 Å². The van der Waals surface area contributed by atoms with Crippen LogP contribution < -0.4 is 0 Å². The highest BCUT2D eigenvalue weighted by atomic mass is 16.3. The van der Waals surface area contributed by atoms with Crippen LogP contribution in [0.15, 0.2) is 24.3 Å². The number of phenols is 1. The van der Waals surface area contributed by atoms with Crippen LogP contribution in [0.4, 0.5) is 0 Å². The minimum Gasteiger partial charge on any atom is -0.508 e. The molecular formula is C16H23NO. The average Bonchev–Trinajstić information content (AvgIpc) is 2.39. The number of piperidine rings is 1. The van der Waals surface area contributed by atoms with E-state index in [-0.39, 0.29) is 0 Å². The van der Waals surface area contributed by atoms with Crippen molar-refractivity contribution in [2.45, 2.75) is 50.6 Å². The lowest BCUT2D eigenvalue weighted by Crippen LogP contribution is -2.46. The molecule has 1 saturated heterocycles. The van der Waals surface area contributed by atoms with Gasteiger partial charge in [0.05, 0.1) is 0 Å². The molecule has 1 heterocycles. The van der Waals surface area contributed by atoms with Crippen LogP contribution in [0.3, 0.4) is 0 Å². The van der Waals surface area contributed by atoms with Crippen LogP contribution in [-0.4, -0.2) is 23.1 Å². The Morgan fingerprint density at radius 3 is 2.78 bits per heavy atom. The first kappa shape index (κ1) is 12.0. The molecule has 0 bridgehead atoms. The molecule has 2 aliphatic rings. The van der Waals surface area contributed by atoms with Gasteiger partial charge in [-0.2, -0.15) is 0 Å². The molecule has 2 heteroatoms. The fraction of sp³-hybridized carbons (Fsp3) is 0.625. The first-order valence-electron chi connectivity index (χ1n) is 7.26. The molecule has 0 aromatic heterocycles. The molecule has 0 spiro atoms. The summed E-state index contributed by atoms with van der Waals surface area (Å²) in [7, 11) is 2.27. The summed E-state index contributed by atoms with van der Waals surface area (Å²) in [5.41, 5.74) is 1.28. The van der Waals surface area contributed by atoms with Gasteiger partial charge < -0.3 is 5.11 Å². The fourth-order valence-electron chi connectivity index (χ4n) is 4.00. The van der Waals surface area contributed by atoms with Gasteiger partial charge in [-0.15, -0.1) is 0 Å². The van der Waals surface area contributed by atoms with Crippen LogP contribution in [0.25, 0.3) is 0 Å². The van der Waals surface area contributed by atoms with E-state index in [0.717, 1.165) is 12.0 Å². The highest BCUT2D eigenvalue weighted by Gasteiger charge is 2.36. The molecule has 1 N–H and O–H groups in total. The van der Waals surface area contributed by atoms with E-state index in [1.165, 1.54) is 44.1 Å². The summed E-state index contributed by atoms with van der Waals surface area (Å²) >= 11 is 0. The molecule has 1 aromatic carbocycles. The van der Waals surface area contributed by atoms with Crippen molar-refractivity contribution in [3.63, 3.8) is 0 Å². The Labute approximate surface area is 110 Å². The zero-order chi connectivity index (χ0) is 12.5. The predicted molar refractivity (Wildman–Crippen MR) is 73.6 cm³/mol. The maximum atomic E-state index is 9.64. The van der Waals surface area contributed by atoms with Gasteiger partial charge in [0.1, 0.15) is 5.75 Å². The minimum atomic E-state index is 0.395. The molecule has 3 atom stereocenters. The van der Waals surface area contributed by atoms with E-state index in [4.69, 9.17) is 0 Å². The van der Waals surface area contributed by atoms with Crippen molar-refractivity contribution in [2.24, 2.45) is 5.92 Å². The lowest BCUT2D eigenvalue weighted by molar-refractivity contribution is 0.0363. The number of hydrogen-bond acceptors (Lipinski definition) is 2. The SMILES string of the molecule is CN1C(c2cccc(O)c2)CCC2CCCCC21. The molecule has 1 aliphatic heterocycles. The number of fused-ring (bicyclic) bond motifs is 1. The van der Waals surface area contributed by atoms with Crippen molar-refractivity contribution < 1.29 is 5.11 Å². The Hall–Kier alpha value is -1.02. The van der Waals surface area contributed by atoms with E-state index in [1.54, 1.807) is 6.07 Å². The van der Waals surface area contributed by atoms with Gasteiger partial charge in [0.25, 0.3) is 0 Å². The third kappa shape index (κ3) is 2.14. The van der Waals surface area contributed by atoms with Crippen molar-refractivity contribution in [1.29, 1.82) is 0 Å². The molecule has 98 valence electrons. The van der Waals surface area contributed by atoms with Gasteiger partial charge in [0.15, 0.2) is 0 Å². The van der Waals surface area contributed by atoms with E-state index in [1.807, 2.05) is 12.1 Å². The highest BCUT2D eigenvalue weighted by molar-refractivity contribution is 5.29. The van der Waals surface area contributed by atoms with Crippen molar-refractivity contribution in [1.82, 2.24) is 4.90 Å². The molecule has 3 unspecified atom stereocenters. The molecule has 1 aromatic rings. The minimum absolute atomic E-state index is 0.395. The zero-order valence-corrected chi connectivity index (χ0v) is 11.2. The first-order chi connectivity index (χ1) is 8.75. The highest BCUT2D eigenvalue weighted by Crippen LogP contribution is 2.42. The van der Waals surface area contributed by atoms with Crippen molar-refractivity contribution in [3.05, 3.63) is 29.8 Å². The lowest BCUT2D eigenvalue weighted by atomic mass is 9.75. The maximum Gasteiger partial charge on any atom is 0.115 e. The summed E-state index contributed by atoms with van der Waals surface area (Å²) in [6.07, 6.45) is 8.18. The Balaban J connectivity index is 1.81. The van der Waals surface area contributed by atoms with E-state index in [2.05, 4.69) is 18.0 Å². The first-order valence-corrected chi connectivity index (χ1v) is 7.26. The number of aromatic hydroxyl groups is 1. The number of hydrogen-bond donors (Lipinski definition) is 1. The van der Waals surface area contributed by atoms with Crippen LogP contribution >= 0.6 is 0 Å². The largest absolute Gasteiger partial charge is 0.508 e. The maximum absolute atomic E-state index is 9.64. The van der Waals surface area contributed by atoms with Crippen LogP contribution in [0.5, 0.6) is 5.75 Å². The van der Waals surface area contributed by atoms with E-state index in [9.17, 15) is 5.11 Å². The van der Waals surface area contributed by atoms with Gasteiger partial charge in [0, 0.05) is 12.1 Å². The molecular weight excluding hydrogens is 222 g/mol. The third-order valence-corrected chi connectivity index (χ3v) is 4.95. The molecule has 3 rings (SSSR count). The second kappa shape index (κ2) is 4.93. The van der Waals surface area contributed by atoms with Crippen LogP contribution in [0.2, 0.25) is 0 Å². The molecule has 2 nitrogen and oxygen atoms in total. The molecule has 18 heavy (non-hydrogen) atoms. The molecule has 1 saturated carbocycles. The number of nitrogens with zero attached hydrogens (tertiary/aromatic N) is 1. The summed E-state index contributed by atoms with van der Waals surface area (Å²) in [4.78, 5) is 2.57. The summed E-state index contributed by atoms with van der Waals surface area (Å²) in [5.74, 6) is 1.31. The van der Waals surface area contributed by atoms with Gasteiger partial charge >= 0.3 is 0 Å². The number of rotatable bonds is 1. The Morgan fingerprint density at radius 1 is 1.11 bits per heavy atom. The smallest absolute Gasteiger partial charge is 0.115 e. The molecule has 1 aliphatic carbocycles. The Kier molecular flexibility index (Phi) is 3.29. The van der Waals surface area contributed by atoms with Crippen molar-refractivity contribution in [2.75, 3.05) is 7.05 Å². The monoisotopic (exact) mass is 245 g/mol. The quantitative estimate of drug-likeness (QED) is 0.815. The standard InChI is InChI=1S/C16H23NO/c1-17-15-8-3-2-5-12(15)9-10-16(17)13-6-4-7-14(18)11-13/h4,6-7,11-12,15-16,18H,2-3,5,8-10H2,1H3. The van der Waals surface area contributed by atoms with E-state index in [0.29, 0.717) is 11.8 Å². The topological polar surface area (TPSA) is 23.5 Å². The fourth-order valence-corrected chi connectivity index (χ4v) is 4.00. The van der Waals surface area contributed by atoms with E-state index < -0.39 is 0 Å². The second-order valence-electron chi connectivity index (χ2n) is 5.97. The summed E-state index contributed by atoms with van der Waals surface area (Å²) in [6, 6.07) is 9.08. The van der Waals surface area contributed by atoms with Gasteiger partial charge in [-0.25, -0.2) is 0 Å². The zero-order valence-electron chi connectivity index (χ0n) is 11.2. The van der Waals surface area contributed by atoms with Gasteiger partial charge in [-0.3, -0.25) is 4.90 Å². The van der Waals surface area contributed by atoms with Crippen LogP contribution in [0, 0.1) is 5.92 Å². The van der Waals surface area contributed by atoms with Crippen molar-refractivity contribution in [3.8, 4) is 5.75 Å². The van der Waals surface area contributed by atoms with E-state index >= 15 is 0 Å². The summed E-state index contributed by atoms with van der Waals surface area (Å²) < 4.78 is 0. The van der Waals surface area contributed by atoms with Crippen LogP contribution in [0.1, 0.15) is 50.1 Å². The summed E-state index contributed by atoms with van der Waals surface area (Å²) in [6.45, 7) is 0. The number of benzene rings is 1. The summed E-state index contributed by atoms with van der Waals surface area (Å²) in [5, 5.41) is 9.64. The number of phenolic OH excluding ortho intramolecular Hbond substituents is 1. The second-order valence-corrected chi connectivity index (χ2v) is 5.97. The molecule has 0 radical (unpaired) electrons. The normalized spacial score (nSPS) is 33.1. The van der Waals surface area contributed by atoms with Crippen molar-refractivity contribution >= 4 is 0 Å². The third-order valence-electron chi connectivity index (χ3n) is 4.95.